The molecule has 5 nitrogen and oxygen atoms in total. The molecule has 1 amide bonds. The molecule has 1 unspecified atom stereocenters. The van der Waals surface area contributed by atoms with E-state index in [1.807, 2.05) is 14.0 Å². The quantitative estimate of drug-likeness (QED) is 0.776. The summed E-state index contributed by atoms with van der Waals surface area (Å²) >= 11 is 0. The van der Waals surface area contributed by atoms with E-state index in [0.717, 1.165) is 31.7 Å². The number of aromatic nitrogens is 2. The highest BCUT2D eigenvalue weighted by Gasteiger charge is 2.34. The largest absolute Gasteiger partial charge is 0.316 e. The highest BCUT2D eigenvalue weighted by Crippen LogP contribution is 2.26. The summed E-state index contributed by atoms with van der Waals surface area (Å²) in [5, 5.41) is 10.2. The zero-order chi connectivity index (χ0) is 11.6. The minimum absolute atomic E-state index is 0.0725. The van der Waals surface area contributed by atoms with Crippen LogP contribution < -0.4 is 10.6 Å². The average Bonchev–Trinajstić information content (AvgIpc) is 2.65. The van der Waals surface area contributed by atoms with Gasteiger partial charge in [-0.1, -0.05) is 0 Å². The maximum atomic E-state index is 12.1. The molecule has 1 aliphatic rings. The average molecular weight is 222 g/mol. The smallest absolute Gasteiger partial charge is 0.232 e. The molecule has 1 aromatic rings. The van der Waals surface area contributed by atoms with Crippen LogP contribution in [0.5, 0.6) is 0 Å². The van der Waals surface area contributed by atoms with Crippen molar-refractivity contribution >= 4 is 11.7 Å². The Morgan fingerprint density at radius 3 is 3.06 bits per heavy atom. The molecule has 1 fully saturated rings. The van der Waals surface area contributed by atoms with Gasteiger partial charge >= 0.3 is 0 Å². The molecule has 16 heavy (non-hydrogen) atoms. The van der Waals surface area contributed by atoms with Crippen LogP contribution in [0.15, 0.2) is 12.3 Å². The van der Waals surface area contributed by atoms with Crippen molar-refractivity contribution in [2.45, 2.75) is 19.8 Å². The molecule has 1 aliphatic heterocycles. The third-order valence-electron chi connectivity index (χ3n) is 3.21. The molecule has 0 bridgehead atoms. The van der Waals surface area contributed by atoms with E-state index in [0.29, 0.717) is 0 Å². The first kappa shape index (κ1) is 11.1. The van der Waals surface area contributed by atoms with Gasteiger partial charge in [0, 0.05) is 19.7 Å². The van der Waals surface area contributed by atoms with Crippen molar-refractivity contribution in [3.8, 4) is 0 Å². The van der Waals surface area contributed by atoms with E-state index in [2.05, 4.69) is 15.7 Å². The van der Waals surface area contributed by atoms with Crippen molar-refractivity contribution in [2.75, 3.05) is 18.4 Å². The predicted molar refractivity (Wildman–Crippen MR) is 62.0 cm³/mol. The van der Waals surface area contributed by atoms with Gasteiger partial charge in [-0.2, -0.15) is 5.10 Å². The normalized spacial score (nSPS) is 25.4. The molecule has 0 radical (unpaired) electrons. The summed E-state index contributed by atoms with van der Waals surface area (Å²) in [6.07, 6.45) is 3.66. The standard InChI is InChI=1S/C11H18N4O/c1-11(5-3-6-12-8-11)10(16)14-9-4-7-13-15(9)2/h4,7,12H,3,5-6,8H2,1-2H3,(H,14,16). The number of carbonyl (C=O) groups excluding carboxylic acids is 1. The molecule has 0 spiro atoms. The molecule has 2 rings (SSSR count). The lowest BCUT2D eigenvalue weighted by molar-refractivity contribution is -0.125. The van der Waals surface area contributed by atoms with Gasteiger partial charge in [0.2, 0.25) is 5.91 Å². The molecule has 1 aromatic heterocycles. The number of anilines is 1. The maximum absolute atomic E-state index is 12.1. The number of rotatable bonds is 2. The van der Waals surface area contributed by atoms with E-state index >= 15 is 0 Å². The second kappa shape index (κ2) is 4.25. The Kier molecular flexibility index (Phi) is 2.96. The molecule has 1 saturated heterocycles. The predicted octanol–water partition coefficient (Wildman–Crippen LogP) is 0.748. The van der Waals surface area contributed by atoms with Gasteiger partial charge in [0.05, 0.1) is 11.6 Å². The van der Waals surface area contributed by atoms with Gasteiger partial charge in [-0.05, 0) is 26.3 Å². The first-order valence-electron chi connectivity index (χ1n) is 5.62. The topological polar surface area (TPSA) is 59.0 Å². The van der Waals surface area contributed by atoms with E-state index in [1.54, 1.807) is 16.9 Å². The summed E-state index contributed by atoms with van der Waals surface area (Å²) in [5.74, 6) is 0.820. The molecule has 0 aromatic carbocycles. The fourth-order valence-electron chi connectivity index (χ4n) is 2.01. The number of aryl methyl sites for hydroxylation is 1. The number of hydrogen-bond acceptors (Lipinski definition) is 3. The van der Waals surface area contributed by atoms with Gasteiger partial charge in [0.15, 0.2) is 0 Å². The Morgan fingerprint density at radius 1 is 1.69 bits per heavy atom. The van der Waals surface area contributed by atoms with Crippen LogP contribution in [0, 0.1) is 5.41 Å². The summed E-state index contributed by atoms with van der Waals surface area (Å²) in [7, 11) is 1.82. The third kappa shape index (κ3) is 2.09. The van der Waals surface area contributed by atoms with E-state index in [9.17, 15) is 4.79 Å². The fraction of sp³-hybridized carbons (Fsp3) is 0.636. The molecule has 1 atom stereocenters. The van der Waals surface area contributed by atoms with Crippen molar-refractivity contribution in [2.24, 2.45) is 12.5 Å². The lowest BCUT2D eigenvalue weighted by Crippen LogP contribution is -2.46. The molecule has 0 aliphatic carbocycles. The van der Waals surface area contributed by atoms with Crippen LogP contribution in [-0.4, -0.2) is 28.8 Å². The Bertz CT molecular complexity index is 379. The lowest BCUT2D eigenvalue weighted by Gasteiger charge is -2.32. The Balaban J connectivity index is 2.05. The molecule has 0 saturated carbocycles. The van der Waals surface area contributed by atoms with Gasteiger partial charge in [-0.15, -0.1) is 0 Å². The number of carbonyl (C=O) groups is 1. The Labute approximate surface area is 95.2 Å². The van der Waals surface area contributed by atoms with Gasteiger partial charge < -0.3 is 10.6 Å². The number of nitrogens with zero attached hydrogens (tertiary/aromatic N) is 2. The molecule has 2 N–H and O–H groups in total. The second-order valence-corrected chi connectivity index (χ2v) is 4.64. The van der Waals surface area contributed by atoms with E-state index in [-0.39, 0.29) is 11.3 Å². The van der Waals surface area contributed by atoms with Crippen LogP contribution in [0.3, 0.4) is 0 Å². The van der Waals surface area contributed by atoms with Crippen molar-refractivity contribution in [3.05, 3.63) is 12.3 Å². The van der Waals surface area contributed by atoms with E-state index in [4.69, 9.17) is 0 Å². The second-order valence-electron chi connectivity index (χ2n) is 4.64. The zero-order valence-electron chi connectivity index (χ0n) is 9.79. The zero-order valence-corrected chi connectivity index (χ0v) is 9.79. The Hall–Kier alpha value is -1.36. The van der Waals surface area contributed by atoms with Crippen LogP contribution in [0.2, 0.25) is 0 Å². The van der Waals surface area contributed by atoms with Gasteiger partial charge in [0.25, 0.3) is 0 Å². The van der Waals surface area contributed by atoms with Crippen molar-refractivity contribution in [1.82, 2.24) is 15.1 Å². The van der Waals surface area contributed by atoms with E-state index in [1.165, 1.54) is 0 Å². The van der Waals surface area contributed by atoms with Crippen LogP contribution in [-0.2, 0) is 11.8 Å². The third-order valence-corrected chi connectivity index (χ3v) is 3.21. The highest BCUT2D eigenvalue weighted by molar-refractivity contribution is 5.94. The molecule has 88 valence electrons. The van der Waals surface area contributed by atoms with Gasteiger partial charge in [-0.3, -0.25) is 9.48 Å². The molecule has 5 heteroatoms. The number of nitrogens with one attached hydrogen (secondary N) is 2. The van der Waals surface area contributed by atoms with Crippen molar-refractivity contribution in [3.63, 3.8) is 0 Å². The molecule has 2 heterocycles. The van der Waals surface area contributed by atoms with Crippen LogP contribution in [0.25, 0.3) is 0 Å². The van der Waals surface area contributed by atoms with E-state index < -0.39 is 0 Å². The molecular formula is C11H18N4O. The summed E-state index contributed by atoms with van der Waals surface area (Å²) in [6.45, 7) is 3.76. The van der Waals surface area contributed by atoms with Crippen LogP contribution in [0.1, 0.15) is 19.8 Å². The summed E-state index contributed by atoms with van der Waals surface area (Å²) in [5.41, 5.74) is -0.303. The minimum Gasteiger partial charge on any atom is -0.316 e. The first-order chi connectivity index (χ1) is 7.62. The maximum Gasteiger partial charge on any atom is 0.232 e. The SMILES string of the molecule is Cn1nccc1NC(=O)C1(C)CCCNC1. The van der Waals surface area contributed by atoms with Crippen molar-refractivity contribution in [1.29, 1.82) is 0 Å². The monoisotopic (exact) mass is 222 g/mol. The van der Waals surface area contributed by atoms with Gasteiger partial charge in [0.1, 0.15) is 5.82 Å². The lowest BCUT2D eigenvalue weighted by atomic mass is 9.82. The number of piperidine rings is 1. The highest BCUT2D eigenvalue weighted by atomic mass is 16.2. The number of hydrogen-bond donors (Lipinski definition) is 2. The summed E-state index contributed by atoms with van der Waals surface area (Å²) in [4.78, 5) is 12.1. The molecular weight excluding hydrogens is 204 g/mol. The number of amides is 1. The Morgan fingerprint density at radius 2 is 2.50 bits per heavy atom. The van der Waals surface area contributed by atoms with Gasteiger partial charge in [-0.25, -0.2) is 0 Å². The minimum atomic E-state index is -0.303. The van der Waals surface area contributed by atoms with Crippen LogP contribution >= 0.6 is 0 Å². The summed E-state index contributed by atoms with van der Waals surface area (Å²) in [6, 6.07) is 1.80. The first-order valence-corrected chi connectivity index (χ1v) is 5.62. The fourth-order valence-corrected chi connectivity index (χ4v) is 2.01. The van der Waals surface area contributed by atoms with Crippen LogP contribution in [0.4, 0.5) is 5.82 Å². The van der Waals surface area contributed by atoms with Crippen molar-refractivity contribution < 1.29 is 4.79 Å². The summed E-state index contributed by atoms with van der Waals surface area (Å²) < 4.78 is 1.66.